The molecular weight excluding hydrogens is 418 g/mol. The third-order valence-electron chi connectivity index (χ3n) is 5.31. The second-order valence-electron chi connectivity index (χ2n) is 7.92. The molecule has 0 aliphatic heterocycles. The average Bonchev–Trinajstić information content (AvgIpc) is 3.38. The van der Waals surface area contributed by atoms with E-state index in [1.807, 2.05) is 61.1 Å². The SMILES string of the molecule is Cc1nn(-c2ccccc2)c(C)c1NC(=O)CSc1nccn1-c1ccccc1C(C)C. The number of rotatable bonds is 7. The number of thioether (sulfide) groups is 1. The number of carbonyl (C=O) groups excluding carboxylic acids is 1. The Morgan fingerprint density at radius 2 is 1.78 bits per heavy atom. The molecule has 1 amide bonds. The monoisotopic (exact) mass is 445 g/mol. The van der Waals surface area contributed by atoms with Crippen LogP contribution in [-0.2, 0) is 4.79 Å². The molecule has 6 nitrogen and oxygen atoms in total. The molecule has 2 heterocycles. The highest BCUT2D eigenvalue weighted by Gasteiger charge is 2.17. The molecule has 0 saturated heterocycles. The fourth-order valence-electron chi connectivity index (χ4n) is 3.72. The second-order valence-corrected chi connectivity index (χ2v) is 8.87. The Balaban J connectivity index is 1.48. The van der Waals surface area contributed by atoms with E-state index in [9.17, 15) is 4.79 Å². The molecule has 0 unspecified atom stereocenters. The van der Waals surface area contributed by atoms with E-state index >= 15 is 0 Å². The molecule has 0 spiro atoms. The van der Waals surface area contributed by atoms with Crippen LogP contribution in [0.25, 0.3) is 11.4 Å². The molecule has 0 fully saturated rings. The summed E-state index contributed by atoms with van der Waals surface area (Å²) in [5.74, 6) is 0.568. The first kappa shape index (κ1) is 21.9. The number of hydrogen-bond donors (Lipinski definition) is 1. The van der Waals surface area contributed by atoms with Gasteiger partial charge in [-0.2, -0.15) is 5.10 Å². The Hall–Kier alpha value is -3.32. The molecule has 2 aromatic heterocycles. The van der Waals surface area contributed by atoms with Crippen LogP contribution >= 0.6 is 11.8 Å². The molecule has 1 N–H and O–H groups in total. The summed E-state index contributed by atoms with van der Waals surface area (Å²) in [5.41, 5.74) is 5.76. The van der Waals surface area contributed by atoms with Gasteiger partial charge in [-0.1, -0.05) is 62.0 Å². The summed E-state index contributed by atoms with van der Waals surface area (Å²) in [6.45, 7) is 8.22. The first-order valence-corrected chi connectivity index (χ1v) is 11.6. The minimum atomic E-state index is -0.0829. The van der Waals surface area contributed by atoms with Gasteiger partial charge in [-0.05, 0) is 43.5 Å². The summed E-state index contributed by atoms with van der Waals surface area (Å²) >= 11 is 1.42. The first-order valence-electron chi connectivity index (χ1n) is 10.6. The Labute approximate surface area is 192 Å². The number of nitrogens with one attached hydrogen (secondary N) is 1. The van der Waals surface area contributed by atoms with Crippen molar-refractivity contribution in [1.29, 1.82) is 0 Å². The first-order chi connectivity index (χ1) is 15.5. The lowest BCUT2D eigenvalue weighted by Gasteiger charge is -2.15. The molecular formula is C25H27N5OS. The average molecular weight is 446 g/mol. The van der Waals surface area contributed by atoms with E-state index in [1.54, 1.807) is 6.20 Å². The maximum atomic E-state index is 12.8. The van der Waals surface area contributed by atoms with Gasteiger partial charge in [-0.15, -0.1) is 0 Å². The van der Waals surface area contributed by atoms with Gasteiger partial charge in [0.15, 0.2) is 5.16 Å². The fourth-order valence-corrected chi connectivity index (χ4v) is 4.49. The van der Waals surface area contributed by atoms with Crippen LogP contribution < -0.4 is 5.32 Å². The van der Waals surface area contributed by atoms with Crippen molar-refractivity contribution in [1.82, 2.24) is 19.3 Å². The number of aromatic nitrogens is 4. The molecule has 0 bridgehead atoms. The predicted octanol–water partition coefficient (Wildman–Crippen LogP) is 5.53. The zero-order valence-electron chi connectivity index (χ0n) is 18.7. The second kappa shape index (κ2) is 9.44. The predicted molar refractivity (Wildman–Crippen MR) is 130 cm³/mol. The van der Waals surface area contributed by atoms with Crippen molar-refractivity contribution < 1.29 is 4.79 Å². The number of aryl methyl sites for hydroxylation is 1. The molecule has 4 aromatic rings. The maximum Gasteiger partial charge on any atom is 0.234 e. The van der Waals surface area contributed by atoms with Crippen molar-refractivity contribution in [2.45, 2.75) is 38.8 Å². The van der Waals surface area contributed by atoms with Gasteiger partial charge in [0.1, 0.15) is 0 Å². The summed E-state index contributed by atoms with van der Waals surface area (Å²) in [6.07, 6.45) is 3.72. The van der Waals surface area contributed by atoms with E-state index in [2.05, 4.69) is 52.0 Å². The Kier molecular flexibility index (Phi) is 6.46. The van der Waals surface area contributed by atoms with Gasteiger partial charge in [0.2, 0.25) is 5.91 Å². The van der Waals surface area contributed by atoms with Gasteiger partial charge in [0, 0.05) is 12.4 Å². The van der Waals surface area contributed by atoms with Crippen molar-refractivity contribution in [3.63, 3.8) is 0 Å². The molecule has 164 valence electrons. The quantitative estimate of drug-likeness (QED) is 0.380. The van der Waals surface area contributed by atoms with Crippen molar-refractivity contribution in [2.75, 3.05) is 11.1 Å². The Bertz CT molecular complexity index is 1230. The molecule has 0 saturated carbocycles. The van der Waals surface area contributed by atoms with Gasteiger partial charge < -0.3 is 5.32 Å². The van der Waals surface area contributed by atoms with Crippen LogP contribution in [0.5, 0.6) is 0 Å². The lowest BCUT2D eigenvalue weighted by atomic mass is 10.0. The molecule has 4 rings (SSSR count). The van der Waals surface area contributed by atoms with Crippen LogP contribution in [0.3, 0.4) is 0 Å². The number of nitrogens with zero attached hydrogens (tertiary/aromatic N) is 4. The number of anilines is 1. The zero-order valence-corrected chi connectivity index (χ0v) is 19.6. The van der Waals surface area contributed by atoms with Crippen LogP contribution in [-0.4, -0.2) is 31.0 Å². The molecule has 0 atom stereocenters. The smallest absolute Gasteiger partial charge is 0.234 e. The van der Waals surface area contributed by atoms with Gasteiger partial charge in [-0.3, -0.25) is 9.36 Å². The summed E-state index contributed by atoms with van der Waals surface area (Å²) in [5, 5.41) is 8.44. The fraction of sp³-hybridized carbons (Fsp3) is 0.240. The minimum absolute atomic E-state index is 0.0829. The molecule has 7 heteroatoms. The number of para-hydroxylation sites is 2. The van der Waals surface area contributed by atoms with Crippen molar-refractivity contribution >= 4 is 23.4 Å². The standard InChI is InChI=1S/C25H27N5OS/c1-17(2)21-12-8-9-13-22(21)29-15-14-26-25(29)32-16-23(31)27-24-18(3)28-30(19(24)4)20-10-6-5-7-11-20/h5-15,17H,16H2,1-4H3,(H,27,31). The highest BCUT2D eigenvalue weighted by Crippen LogP contribution is 2.28. The third kappa shape index (κ3) is 4.48. The minimum Gasteiger partial charge on any atom is -0.322 e. The van der Waals surface area contributed by atoms with E-state index in [4.69, 9.17) is 0 Å². The normalized spacial score (nSPS) is 11.2. The van der Waals surface area contributed by atoms with Gasteiger partial charge in [0.05, 0.1) is 34.2 Å². The lowest BCUT2D eigenvalue weighted by Crippen LogP contribution is -2.16. The topological polar surface area (TPSA) is 64.7 Å². The third-order valence-corrected chi connectivity index (χ3v) is 6.28. The molecule has 2 aromatic carbocycles. The molecule has 32 heavy (non-hydrogen) atoms. The molecule has 0 aliphatic carbocycles. The van der Waals surface area contributed by atoms with Crippen molar-refractivity contribution in [3.05, 3.63) is 83.9 Å². The van der Waals surface area contributed by atoms with Gasteiger partial charge >= 0.3 is 0 Å². The van der Waals surface area contributed by atoms with E-state index < -0.39 is 0 Å². The number of hydrogen-bond acceptors (Lipinski definition) is 4. The van der Waals surface area contributed by atoms with Crippen LogP contribution in [0.15, 0.2) is 72.1 Å². The van der Waals surface area contributed by atoms with E-state index in [1.165, 1.54) is 17.3 Å². The highest BCUT2D eigenvalue weighted by molar-refractivity contribution is 7.99. The van der Waals surface area contributed by atoms with Crippen molar-refractivity contribution in [2.24, 2.45) is 0 Å². The number of carbonyl (C=O) groups is 1. The maximum absolute atomic E-state index is 12.8. The summed E-state index contributed by atoms with van der Waals surface area (Å²) in [7, 11) is 0. The van der Waals surface area contributed by atoms with Gasteiger partial charge in [0.25, 0.3) is 0 Å². The Morgan fingerprint density at radius 1 is 1.06 bits per heavy atom. The van der Waals surface area contributed by atoms with E-state index in [0.717, 1.165) is 33.6 Å². The zero-order chi connectivity index (χ0) is 22.7. The van der Waals surface area contributed by atoms with E-state index in [-0.39, 0.29) is 11.7 Å². The number of benzene rings is 2. The largest absolute Gasteiger partial charge is 0.322 e. The molecule has 0 radical (unpaired) electrons. The van der Waals surface area contributed by atoms with Gasteiger partial charge in [-0.25, -0.2) is 9.67 Å². The summed E-state index contributed by atoms with van der Waals surface area (Å²) in [4.78, 5) is 17.3. The number of amides is 1. The van der Waals surface area contributed by atoms with Crippen LogP contribution in [0.1, 0.15) is 36.7 Å². The summed E-state index contributed by atoms with van der Waals surface area (Å²) < 4.78 is 3.91. The van der Waals surface area contributed by atoms with Crippen LogP contribution in [0.4, 0.5) is 5.69 Å². The van der Waals surface area contributed by atoms with E-state index in [0.29, 0.717) is 5.92 Å². The van der Waals surface area contributed by atoms with Crippen molar-refractivity contribution in [3.8, 4) is 11.4 Å². The Morgan fingerprint density at radius 3 is 2.53 bits per heavy atom. The summed E-state index contributed by atoms with van der Waals surface area (Å²) in [6, 6.07) is 18.2. The number of imidazole rings is 1. The van der Waals surface area contributed by atoms with Crippen LogP contribution in [0, 0.1) is 13.8 Å². The highest BCUT2D eigenvalue weighted by atomic mass is 32.2. The molecule has 0 aliphatic rings. The lowest BCUT2D eigenvalue weighted by molar-refractivity contribution is -0.113. The van der Waals surface area contributed by atoms with Crippen LogP contribution in [0.2, 0.25) is 0 Å².